The topological polar surface area (TPSA) is 99.4 Å². The lowest BCUT2D eigenvalue weighted by Gasteiger charge is -2.31. The average Bonchev–Trinajstić information content (AvgIpc) is 2.97. The fourth-order valence-electron chi connectivity index (χ4n) is 3.52. The molecule has 0 N–H and O–H groups in total. The van der Waals surface area contributed by atoms with E-state index in [2.05, 4.69) is 15.3 Å². The Bertz CT molecular complexity index is 924. The summed E-state index contributed by atoms with van der Waals surface area (Å²) in [6.07, 6.45) is 1.18. The van der Waals surface area contributed by atoms with Gasteiger partial charge in [0.05, 0.1) is 25.0 Å². The Morgan fingerprint density at radius 3 is 2.43 bits per heavy atom. The Labute approximate surface area is 165 Å². The molecule has 2 aromatic rings. The van der Waals surface area contributed by atoms with Gasteiger partial charge >= 0.3 is 0 Å². The van der Waals surface area contributed by atoms with Gasteiger partial charge in [-0.15, -0.1) is 10.2 Å². The molecule has 1 saturated heterocycles. The van der Waals surface area contributed by atoms with Crippen LogP contribution < -0.4 is 9.47 Å². The number of aryl methyl sites for hydroxylation is 1. The van der Waals surface area contributed by atoms with E-state index in [1.807, 2.05) is 13.8 Å². The van der Waals surface area contributed by atoms with Gasteiger partial charge in [-0.05, 0) is 40.5 Å². The van der Waals surface area contributed by atoms with Crippen LogP contribution in [0.2, 0.25) is 0 Å². The molecule has 0 bridgehead atoms. The molecule has 0 spiro atoms. The molecule has 28 heavy (non-hydrogen) atoms. The normalized spacial score (nSPS) is 18.4. The van der Waals surface area contributed by atoms with Crippen molar-refractivity contribution in [2.24, 2.45) is 0 Å². The van der Waals surface area contributed by atoms with Gasteiger partial charge in [0, 0.05) is 24.7 Å². The lowest BCUT2D eigenvalue weighted by atomic mass is 10.1. The maximum atomic E-state index is 13.3. The van der Waals surface area contributed by atoms with E-state index < -0.39 is 10.0 Å². The predicted octanol–water partition coefficient (Wildman–Crippen LogP) is 2.11. The summed E-state index contributed by atoms with van der Waals surface area (Å²) in [6, 6.07) is 3.42. The summed E-state index contributed by atoms with van der Waals surface area (Å²) in [4.78, 5) is 0.297. The molecule has 0 saturated carbocycles. The third-order valence-electron chi connectivity index (χ3n) is 4.80. The third-order valence-corrected chi connectivity index (χ3v) is 6.92. The highest BCUT2D eigenvalue weighted by Crippen LogP contribution is 2.28. The summed E-state index contributed by atoms with van der Waals surface area (Å²) in [6.45, 7) is 8.23. The number of nitrogens with zero attached hydrogens (tertiary/aromatic N) is 5. The summed E-state index contributed by atoms with van der Waals surface area (Å²) < 4.78 is 40.7. The van der Waals surface area contributed by atoms with Crippen LogP contribution >= 0.6 is 0 Å². The van der Waals surface area contributed by atoms with E-state index in [-0.39, 0.29) is 18.7 Å². The van der Waals surface area contributed by atoms with Crippen molar-refractivity contribution >= 4 is 10.0 Å². The third kappa shape index (κ3) is 3.97. The number of piperidine rings is 1. The van der Waals surface area contributed by atoms with Gasteiger partial charge in [0.25, 0.3) is 0 Å². The lowest BCUT2D eigenvalue weighted by Crippen LogP contribution is -2.44. The van der Waals surface area contributed by atoms with Gasteiger partial charge in [-0.2, -0.15) is 9.40 Å². The van der Waals surface area contributed by atoms with Crippen LogP contribution in [0.4, 0.5) is 0 Å². The van der Waals surface area contributed by atoms with Gasteiger partial charge in [0.15, 0.2) is 0 Å². The molecule has 0 amide bonds. The smallest absolute Gasteiger partial charge is 0.246 e. The predicted molar refractivity (Wildman–Crippen MR) is 103 cm³/mol. The molecule has 0 aromatic carbocycles. The maximum absolute atomic E-state index is 13.3. The van der Waals surface area contributed by atoms with Gasteiger partial charge in [-0.3, -0.25) is 4.68 Å². The highest BCUT2D eigenvalue weighted by Gasteiger charge is 2.35. The molecular weight excluding hydrogens is 382 g/mol. The van der Waals surface area contributed by atoms with E-state index in [0.29, 0.717) is 41.0 Å². The van der Waals surface area contributed by atoms with Crippen molar-refractivity contribution in [1.82, 2.24) is 24.3 Å². The molecule has 1 unspecified atom stereocenters. The number of rotatable bonds is 6. The fraction of sp³-hybridized carbons (Fsp3) is 0.611. The fourth-order valence-corrected chi connectivity index (χ4v) is 5.39. The second-order valence-electron chi connectivity index (χ2n) is 7.20. The van der Waals surface area contributed by atoms with Crippen molar-refractivity contribution in [3.05, 3.63) is 23.5 Å². The number of hydrogen-bond donors (Lipinski definition) is 0. The molecule has 9 nitrogen and oxygen atoms in total. The molecule has 3 heterocycles. The Kier molecular flexibility index (Phi) is 5.90. The number of sulfonamides is 1. The Balaban J connectivity index is 1.79. The van der Waals surface area contributed by atoms with Crippen molar-refractivity contribution in [3.8, 4) is 11.8 Å². The Morgan fingerprint density at radius 1 is 1.18 bits per heavy atom. The zero-order valence-electron chi connectivity index (χ0n) is 16.9. The van der Waals surface area contributed by atoms with E-state index in [1.165, 1.54) is 11.4 Å². The first-order valence-corrected chi connectivity index (χ1v) is 10.8. The zero-order valence-corrected chi connectivity index (χ0v) is 17.7. The van der Waals surface area contributed by atoms with Crippen LogP contribution in [0, 0.1) is 13.8 Å². The Hall–Kier alpha value is -2.20. The van der Waals surface area contributed by atoms with Gasteiger partial charge < -0.3 is 9.47 Å². The van der Waals surface area contributed by atoms with E-state index in [9.17, 15) is 8.42 Å². The van der Waals surface area contributed by atoms with E-state index in [1.54, 1.807) is 30.7 Å². The first-order valence-electron chi connectivity index (χ1n) is 9.34. The molecule has 0 aliphatic carbocycles. The molecular formula is C18H27N5O4S. The molecule has 1 fully saturated rings. The van der Waals surface area contributed by atoms with Crippen LogP contribution in [0.15, 0.2) is 17.0 Å². The second kappa shape index (κ2) is 8.04. The summed E-state index contributed by atoms with van der Waals surface area (Å²) in [7, 11) is -2.14. The lowest BCUT2D eigenvalue weighted by molar-refractivity contribution is 0.123. The van der Waals surface area contributed by atoms with E-state index >= 15 is 0 Å². The minimum absolute atomic E-state index is 0.0914. The van der Waals surface area contributed by atoms with E-state index in [4.69, 9.17) is 9.47 Å². The van der Waals surface area contributed by atoms with Gasteiger partial charge in [-0.1, -0.05) is 0 Å². The average molecular weight is 410 g/mol. The summed E-state index contributed by atoms with van der Waals surface area (Å²) in [5.74, 6) is 0.748. The van der Waals surface area contributed by atoms with Gasteiger partial charge in [-0.25, -0.2) is 8.42 Å². The molecule has 1 aliphatic heterocycles. The SMILES string of the molecule is COc1ccc(OC2CCCN(S(=O)(=O)c3c(C)nn(C(C)C)c3C)C2)nn1. The number of methoxy groups -OCH3 is 1. The van der Waals surface area contributed by atoms with Crippen LogP contribution in [-0.2, 0) is 10.0 Å². The molecule has 10 heteroatoms. The molecule has 0 radical (unpaired) electrons. The second-order valence-corrected chi connectivity index (χ2v) is 9.07. The Morgan fingerprint density at radius 2 is 1.86 bits per heavy atom. The van der Waals surface area contributed by atoms with Crippen LogP contribution in [0.5, 0.6) is 11.8 Å². The maximum Gasteiger partial charge on any atom is 0.246 e. The first-order chi connectivity index (χ1) is 13.2. The minimum Gasteiger partial charge on any atom is -0.480 e. The van der Waals surface area contributed by atoms with Crippen molar-refractivity contribution < 1.29 is 17.9 Å². The van der Waals surface area contributed by atoms with Crippen LogP contribution in [-0.4, -0.2) is 59.0 Å². The van der Waals surface area contributed by atoms with Gasteiger partial charge in [0.1, 0.15) is 11.0 Å². The van der Waals surface area contributed by atoms with Crippen LogP contribution in [0.1, 0.15) is 44.1 Å². The summed E-state index contributed by atoms with van der Waals surface area (Å²) >= 11 is 0. The standard InChI is InChI=1S/C18H27N5O4S/c1-12(2)23-14(4)18(13(3)21-23)28(24,25)22-10-6-7-15(11-22)27-17-9-8-16(26-5)19-20-17/h8-9,12,15H,6-7,10-11H2,1-5H3. The molecule has 1 aliphatic rings. The molecule has 154 valence electrons. The van der Waals surface area contributed by atoms with Crippen LogP contribution in [0.3, 0.4) is 0 Å². The summed E-state index contributed by atoms with van der Waals surface area (Å²) in [5, 5.41) is 12.3. The van der Waals surface area contributed by atoms with Crippen molar-refractivity contribution in [2.75, 3.05) is 20.2 Å². The largest absolute Gasteiger partial charge is 0.480 e. The van der Waals surface area contributed by atoms with E-state index in [0.717, 1.165) is 6.42 Å². The highest BCUT2D eigenvalue weighted by atomic mass is 32.2. The first kappa shape index (κ1) is 20.5. The van der Waals surface area contributed by atoms with Crippen molar-refractivity contribution in [3.63, 3.8) is 0 Å². The number of ether oxygens (including phenoxy) is 2. The summed E-state index contributed by atoms with van der Waals surface area (Å²) in [5.41, 5.74) is 1.19. The number of hydrogen-bond acceptors (Lipinski definition) is 7. The van der Waals surface area contributed by atoms with Crippen molar-refractivity contribution in [2.45, 2.75) is 57.6 Å². The van der Waals surface area contributed by atoms with Crippen LogP contribution in [0.25, 0.3) is 0 Å². The van der Waals surface area contributed by atoms with Crippen molar-refractivity contribution in [1.29, 1.82) is 0 Å². The molecule has 3 rings (SSSR count). The number of aromatic nitrogens is 4. The highest BCUT2D eigenvalue weighted by molar-refractivity contribution is 7.89. The van der Waals surface area contributed by atoms with Gasteiger partial charge in [0.2, 0.25) is 21.8 Å². The molecule has 2 aromatic heterocycles. The molecule has 1 atom stereocenters. The minimum atomic E-state index is -3.66. The monoisotopic (exact) mass is 409 g/mol. The zero-order chi connectivity index (χ0) is 20.5. The quantitative estimate of drug-likeness (QED) is 0.720.